The Labute approximate surface area is 200 Å². The van der Waals surface area contributed by atoms with Crippen molar-refractivity contribution in [3.63, 3.8) is 0 Å². The molecule has 0 atom stereocenters. The standard InChI is InChI=1S/C28H23F3N4/c29-28(30,31)23-14-15-33-19-22(23)26-34-25(24-13-7-8-16-35(24)26)27(32,17-20-9-3-1-4-10-20)18-21-11-5-2-6-12-21/h1-16,19H,17-18,32H2. The summed E-state index contributed by atoms with van der Waals surface area (Å²) in [6, 6.07) is 26.0. The summed E-state index contributed by atoms with van der Waals surface area (Å²) in [5.41, 5.74) is 8.53. The second-order valence-electron chi connectivity index (χ2n) is 8.64. The number of hydrogen-bond acceptors (Lipinski definition) is 3. The van der Waals surface area contributed by atoms with Crippen molar-refractivity contribution in [1.29, 1.82) is 0 Å². The summed E-state index contributed by atoms with van der Waals surface area (Å²) in [7, 11) is 0. The Kier molecular flexibility index (Phi) is 5.86. The highest BCUT2D eigenvalue weighted by Crippen LogP contribution is 2.38. The molecule has 3 heterocycles. The van der Waals surface area contributed by atoms with Crippen molar-refractivity contribution in [3.05, 3.63) is 126 Å². The van der Waals surface area contributed by atoms with E-state index in [1.807, 2.05) is 72.8 Å². The van der Waals surface area contributed by atoms with Gasteiger partial charge >= 0.3 is 6.18 Å². The molecule has 0 spiro atoms. The van der Waals surface area contributed by atoms with Crippen LogP contribution in [0.2, 0.25) is 0 Å². The Hall–Kier alpha value is -3.97. The van der Waals surface area contributed by atoms with Gasteiger partial charge in [-0.05, 0) is 42.2 Å². The van der Waals surface area contributed by atoms with Crippen molar-refractivity contribution < 1.29 is 13.2 Å². The van der Waals surface area contributed by atoms with Crippen LogP contribution in [0.3, 0.4) is 0 Å². The van der Waals surface area contributed by atoms with Gasteiger partial charge in [0.2, 0.25) is 0 Å². The zero-order valence-electron chi connectivity index (χ0n) is 18.8. The molecule has 0 saturated heterocycles. The predicted octanol–water partition coefficient (Wildman–Crippen LogP) is 6.05. The maximum absolute atomic E-state index is 13.9. The van der Waals surface area contributed by atoms with E-state index in [2.05, 4.69) is 4.98 Å². The normalized spacial score (nSPS) is 12.2. The van der Waals surface area contributed by atoms with Crippen molar-refractivity contribution in [1.82, 2.24) is 14.4 Å². The maximum Gasteiger partial charge on any atom is 0.417 e. The number of hydrogen-bond donors (Lipinski definition) is 1. The van der Waals surface area contributed by atoms with Gasteiger partial charge in [0.1, 0.15) is 5.82 Å². The highest BCUT2D eigenvalue weighted by Gasteiger charge is 2.37. The number of fused-ring (bicyclic) bond motifs is 1. The van der Waals surface area contributed by atoms with E-state index in [1.165, 1.54) is 6.20 Å². The lowest BCUT2D eigenvalue weighted by atomic mass is 9.82. The van der Waals surface area contributed by atoms with Gasteiger partial charge in [-0.15, -0.1) is 0 Å². The van der Waals surface area contributed by atoms with Crippen molar-refractivity contribution in [3.8, 4) is 11.4 Å². The van der Waals surface area contributed by atoms with Crippen LogP contribution in [0.25, 0.3) is 16.9 Å². The number of rotatable bonds is 6. The topological polar surface area (TPSA) is 56.2 Å². The lowest BCUT2D eigenvalue weighted by Crippen LogP contribution is -2.42. The summed E-state index contributed by atoms with van der Waals surface area (Å²) in [5, 5.41) is 0. The summed E-state index contributed by atoms with van der Waals surface area (Å²) >= 11 is 0. The highest BCUT2D eigenvalue weighted by molar-refractivity contribution is 5.69. The summed E-state index contributed by atoms with van der Waals surface area (Å²) in [6.07, 6.45) is 0.431. The molecule has 2 N–H and O–H groups in total. The molecule has 0 aliphatic carbocycles. The van der Waals surface area contributed by atoms with Crippen LogP contribution in [0.4, 0.5) is 13.2 Å². The molecule has 0 unspecified atom stereocenters. The molecular weight excluding hydrogens is 449 g/mol. The minimum Gasteiger partial charge on any atom is -0.319 e. The Bertz CT molecular complexity index is 1400. The Morgan fingerprint density at radius 3 is 1.97 bits per heavy atom. The van der Waals surface area contributed by atoms with E-state index in [-0.39, 0.29) is 11.4 Å². The van der Waals surface area contributed by atoms with Gasteiger partial charge in [-0.2, -0.15) is 13.2 Å². The second kappa shape index (κ2) is 9.00. The van der Waals surface area contributed by atoms with Gasteiger partial charge in [0.05, 0.1) is 22.3 Å². The van der Waals surface area contributed by atoms with Crippen LogP contribution < -0.4 is 5.73 Å². The summed E-state index contributed by atoms with van der Waals surface area (Å²) in [5.74, 6) is 0.159. The van der Waals surface area contributed by atoms with Gasteiger partial charge in [-0.25, -0.2) is 4.98 Å². The van der Waals surface area contributed by atoms with E-state index in [1.54, 1.807) is 16.7 Å². The van der Waals surface area contributed by atoms with E-state index >= 15 is 0 Å². The van der Waals surface area contributed by atoms with Gasteiger partial charge in [0.15, 0.2) is 0 Å². The average Bonchev–Trinajstić information content (AvgIpc) is 3.25. The van der Waals surface area contributed by atoms with Gasteiger partial charge in [0.25, 0.3) is 0 Å². The molecule has 0 radical (unpaired) electrons. The molecule has 4 nitrogen and oxygen atoms in total. The van der Waals surface area contributed by atoms with Crippen LogP contribution in [0.15, 0.2) is 104 Å². The van der Waals surface area contributed by atoms with Gasteiger partial charge in [-0.1, -0.05) is 66.7 Å². The first-order chi connectivity index (χ1) is 16.9. The van der Waals surface area contributed by atoms with Crippen LogP contribution in [0, 0.1) is 0 Å². The van der Waals surface area contributed by atoms with Crippen LogP contribution in [-0.2, 0) is 24.6 Å². The number of alkyl halides is 3. The lowest BCUT2D eigenvalue weighted by Gasteiger charge is -2.29. The number of aromatic nitrogens is 3. The lowest BCUT2D eigenvalue weighted by molar-refractivity contribution is -0.137. The molecule has 2 aromatic carbocycles. The molecule has 0 saturated carbocycles. The molecule has 0 aliphatic rings. The molecule has 5 aromatic rings. The SMILES string of the molecule is NC(Cc1ccccc1)(Cc1ccccc1)c1nc(-c2cnccc2C(F)(F)F)n2ccccc12. The van der Waals surface area contributed by atoms with E-state index in [4.69, 9.17) is 10.7 Å². The third-order valence-electron chi connectivity index (χ3n) is 6.11. The van der Waals surface area contributed by atoms with E-state index < -0.39 is 17.3 Å². The molecule has 7 heteroatoms. The fourth-order valence-electron chi connectivity index (χ4n) is 4.56. The van der Waals surface area contributed by atoms with E-state index in [0.717, 1.165) is 23.4 Å². The molecule has 176 valence electrons. The monoisotopic (exact) mass is 472 g/mol. The van der Waals surface area contributed by atoms with E-state index in [0.29, 0.717) is 24.1 Å². The van der Waals surface area contributed by atoms with Gasteiger partial charge < -0.3 is 5.73 Å². The highest BCUT2D eigenvalue weighted by atomic mass is 19.4. The fraction of sp³-hybridized carbons (Fsp3) is 0.143. The summed E-state index contributed by atoms with van der Waals surface area (Å²) < 4.78 is 43.2. The van der Waals surface area contributed by atoms with Gasteiger partial charge in [0, 0.05) is 24.2 Å². The number of pyridine rings is 2. The third-order valence-corrected chi connectivity index (χ3v) is 6.11. The zero-order valence-corrected chi connectivity index (χ0v) is 18.8. The van der Waals surface area contributed by atoms with Crippen molar-refractivity contribution in [2.45, 2.75) is 24.6 Å². The molecule has 0 aliphatic heterocycles. The number of imidazole rings is 1. The zero-order chi connectivity index (χ0) is 24.5. The molecule has 0 fully saturated rings. The molecular formula is C28H23F3N4. The Morgan fingerprint density at radius 2 is 1.37 bits per heavy atom. The average molecular weight is 473 g/mol. The number of nitrogens with two attached hydrogens (primary N) is 1. The van der Waals surface area contributed by atoms with Gasteiger partial charge in [-0.3, -0.25) is 9.38 Å². The third kappa shape index (κ3) is 4.55. The predicted molar refractivity (Wildman–Crippen MR) is 130 cm³/mol. The molecule has 35 heavy (non-hydrogen) atoms. The minimum absolute atomic E-state index is 0.0887. The first-order valence-electron chi connectivity index (χ1n) is 11.2. The van der Waals surface area contributed by atoms with E-state index in [9.17, 15) is 13.2 Å². The Balaban J connectivity index is 1.73. The summed E-state index contributed by atoms with van der Waals surface area (Å²) in [6.45, 7) is 0. The number of halogens is 3. The smallest absolute Gasteiger partial charge is 0.319 e. The molecule has 0 amide bonds. The second-order valence-corrected chi connectivity index (χ2v) is 8.64. The maximum atomic E-state index is 13.9. The molecule has 3 aromatic heterocycles. The summed E-state index contributed by atoms with van der Waals surface area (Å²) in [4.78, 5) is 8.76. The Morgan fingerprint density at radius 1 is 0.771 bits per heavy atom. The van der Waals surface area contributed by atoms with Crippen molar-refractivity contribution in [2.24, 2.45) is 5.73 Å². The molecule has 5 rings (SSSR count). The molecule has 0 bridgehead atoms. The van der Waals surface area contributed by atoms with Crippen LogP contribution in [-0.4, -0.2) is 14.4 Å². The first-order valence-corrected chi connectivity index (χ1v) is 11.2. The largest absolute Gasteiger partial charge is 0.417 e. The van der Waals surface area contributed by atoms with Crippen molar-refractivity contribution in [2.75, 3.05) is 0 Å². The van der Waals surface area contributed by atoms with Crippen LogP contribution in [0.1, 0.15) is 22.4 Å². The first kappa shape index (κ1) is 22.8. The van der Waals surface area contributed by atoms with Crippen molar-refractivity contribution >= 4 is 5.52 Å². The number of nitrogens with zero attached hydrogens (tertiary/aromatic N) is 3. The number of benzene rings is 2. The van der Waals surface area contributed by atoms with Crippen LogP contribution >= 0.6 is 0 Å². The fourth-order valence-corrected chi connectivity index (χ4v) is 4.56. The quantitative estimate of drug-likeness (QED) is 0.327. The van der Waals surface area contributed by atoms with Crippen LogP contribution in [0.5, 0.6) is 0 Å². The minimum atomic E-state index is -4.55.